The Kier molecular flexibility index (Phi) is 6.08. The Labute approximate surface area is 113 Å². The van der Waals surface area contributed by atoms with Crippen LogP contribution in [-0.4, -0.2) is 21.0 Å². The van der Waals surface area contributed by atoms with Crippen molar-refractivity contribution in [2.24, 2.45) is 0 Å². The lowest BCUT2D eigenvalue weighted by molar-refractivity contribution is 0.246. The molecule has 0 spiro atoms. The van der Waals surface area contributed by atoms with Crippen molar-refractivity contribution >= 4 is 22.1 Å². The van der Waals surface area contributed by atoms with Crippen molar-refractivity contribution in [2.45, 2.75) is 19.8 Å². The number of urea groups is 1. The summed E-state index contributed by atoms with van der Waals surface area (Å²) in [5.74, 6) is 0. The van der Waals surface area contributed by atoms with Gasteiger partial charge in [-0.05, 0) is 18.1 Å². The molecule has 6 heteroatoms. The van der Waals surface area contributed by atoms with E-state index in [0.29, 0.717) is 6.54 Å². The average Bonchev–Trinajstić information content (AvgIpc) is 2.37. The van der Waals surface area contributed by atoms with Gasteiger partial charge in [0.1, 0.15) is 0 Å². The van der Waals surface area contributed by atoms with Gasteiger partial charge in [-0.25, -0.2) is 17.9 Å². The molecule has 0 atom stereocenters. The number of carbonyl (C=O) groups excluding carboxylic acids is 1. The zero-order chi connectivity index (χ0) is 14.1. The largest absolute Gasteiger partial charge is 0.337 e. The van der Waals surface area contributed by atoms with Crippen LogP contribution in [0.4, 0.5) is 4.79 Å². The van der Waals surface area contributed by atoms with E-state index in [2.05, 4.69) is 5.32 Å². The highest BCUT2D eigenvalue weighted by Crippen LogP contribution is 2.02. The first-order chi connectivity index (χ1) is 9.03. The van der Waals surface area contributed by atoms with Crippen molar-refractivity contribution in [3.63, 3.8) is 0 Å². The summed E-state index contributed by atoms with van der Waals surface area (Å²) in [7, 11) is -3.76. The second-order valence-electron chi connectivity index (χ2n) is 3.97. The summed E-state index contributed by atoms with van der Waals surface area (Å²) in [5, 5.41) is 3.45. The van der Waals surface area contributed by atoms with Gasteiger partial charge in [-0.3, -0.25) is 0 Å². The number of sulfonamides is 1. The van der Waals surface area contributed by atoms with Crippen LogP contribution in [0, 0.1) is 0 Å². The summed E-state index contributed by atoms with van der Waals surface area (Å²) in [6, 6.07) is 8.28. The highest BCUT2D eigenvalue weighted by atomic mass is 32.2. The number of amides is 2. The molecule has 2 amide bonds. The Morgan fingerprint density at radius 2 is 1.95 bits per heavy atom. The highest BCUT2D eigenvalue weighted by molar-refractivity contribution is 7.93. The van der Waals surface area contributed by atoms with Crippen molar-refractivity contribution in [3.8, 4) is 0 Å². The highest BCUT2D eigenvalue weighted by Gasteiger charge is 2.09. The van der Waals surface area contributed by atoms with E-state index in [4.69, 9.17) is 0 Å². The molecule has 0 saturated carbocycles. The number of rotatable bonds is 6. The molecular formula is C13H18N2O3S. The van der Waals surface area contributed by atoms with E-state index in [9.17, 15) is 13.2 Å². The van der Waals surface area contributed by atoms with Gasteiger partial charge >= 0.3 is 6.03 Å². The number of carbonyl (C=O) groups is 1. The molecule has 0 aliphatic carbocycles. The predicted octanol–water partition coefficient (Wildman–Crippen LogP) is 2.09. The van der Waals surface area contributed by atoms with Crippen LogP contribution in [0.5, 0.6) is 0 Å². The summed E-state index contributed by atoms with van der Waals surface area (Å²) in [6.45, 7) is 2.44. The van der Waals surface area contributed by atoms with E-state index in [1.165, 1.54) is 6.08 Å². The molecule has 0 fully saturated rings. The molecule has 1 rings (SSSR count). The Morgan fingerprint density at radius 1 is 1.26 bits per heavy atom. The molecule has 0 saturated heterocycles. The summed E-state index contributed by atoms with van der Waals surface area (Å²) >= 11 is 0. The van der Waals surface area contributed by atoms with Gasteiger partial charge in [0.05, 0.1) is 5.41 Å². The van der Waals surface area contributed by atoms with Gasteiger partial charge in [-0.1, -0.05) is 43.7 Å². The first-order valence-electron chi connectivity index (χ1n) is 6.07. The van der Waals surface area contributed by atoms with Gasteiger partial charge in [-0.15, -0.1) is 0 Å². The van der Waals surface area contributed by atoms with E-state index >= 15 is 0 Å². The first kappa shape index (κ1) is 15.2. The van der Waals surface area contributed by atoms with E-state index < -0.39 is 16.1 Å². The minimum absolute atomic E-state index is 0.459. The van der Waals surface area contributed by atoms with Crippen LogP contribution in [0.25, 0.3) is 6.08 Å². The quantitative estimate of drug-likeness (QED) is 0.784. The molecule has 0 unspecified atom stereocenters. The van der Waals surface area contributed by atoms with Gasteiger partial charge in [0.15, 0.2) is 0 Å². The normalized spacial score (nSPS) is 11.4. The summed E-state index contributed by atoms with van der Waals surface area (Å²) in [4.78, 5) is 11.3. The van der Waals surface area contributed by atoms with Gasteiger partial charge in [0.2, 0.25) is 0 Å². The van der Waals surface area contributed by atoms with Gasteiger partial charge in [0.25, 0.3) is 10.0 Å². The summed E-state index contributed by atoms with van der Waals surface area (Å²) in [5.41, 5.74) is 0.749. The fourth-order valence-electron chi connectivity index (χ4n) is 1.31. The van der Waals surface area contributed by atoms with E-state index in [0.717, 1.165) is 23.8 Å². The summed E-state index contributed by atoms with van der Waals surface area (Å²) in [6.07, 6.45) is 3.18. The maximum Gasteiger partial charge on any atom is 0.328 e. The van der Waals surface area contributed by atoms with Crippen LogP contribution >= 0.6 is 0 Å². The number of hydrogen-bond acceptors (Lipinski definition) is 3. The molecule has 0 aromatic heterocycles. The molecule has 0 heterocycles. The lowest BCUT2D eigenvalue weighted by atomic mass is 10.2. The molecule has 0 aliphatic heterocycles. The predicted molar refractivity (Wildman–Crippen MR) is 75.8 cm³/mol. The molecule has 0 aliphatic rings. The average molecular weight is 282 g/mol. The Bertz CT molecular complexity index is 524. The topological polar surface area (TPSA) is 75.3 Å². The van der Waals surface area contributed by atoms with Gasteiger partial charge in [0, 0.05) is 6.54 Å². The molecule has 19 heavy (non-hydrogen) atoms. The van der Waals surface area contributed by atoms with Crippen LogP contribution in [-0.2, 0) is 10.0 Å². The molecule has 1 aromatic rings. The monoisotopic (exact) mass is 282 g/mol. The molecule has 0 radical (unpaired) electrons. The fraction of sp³-hybridized carbons (Fsp3) is 0.308. The second kappa shape index (κ2) is 7.58. The third-order valence-corrected chi connectivity index (χ3v) is 3.25. The van der Waals surface area contributed by atoms with Crippen LogP contribution < -0.4 is 10.0 Å². The van der Waals surface area contributed by atoms with Crippen LogP contribution in [0.2, 0.25) is 0 Å². The molecule has 104 valence electrons. The molecular weight excluding hydrogens is 264 g/mol. The molecule has 1 aromatic carbocycles. The van der Waals surface area contributed by atoms with E-state index in [1.54, 1.807) is 24.3 Å². The smallest absolute Gasteiger partial charge is 0.328 e. The van der Waals surface area contributed by atoms with Crippen LogP contribution in [0.3, 0.4) is 0 Å². The maximum absolute atomic E-state index is 11.6. The van der Waals surface area contributed by atoms with E-state index in [1.807, 2.05) is 17.7 Å². The van der Waals surface area contributed by atoms with Crippen molar-refractivity contribution < 1.29 is 13.2 Å². The number of unbranched alkanes of at least 4 members (excludes halogenated alkanes) is 1. The van der Waals surface area contributed by atoms with Gasteiger partial charge < -0.3 is 5.32 Å². The van der Waals surface area contributed by atoms with Crippen molar-refractivity contribution in [1.82, 2.24) is 10.0 Å². The number of nitrogens with one attached hydrogen (secondary N) is 2. The molecule has 0 bridgehead atoms. The Hall–Kier alpha value is -1.82. The zero-order valence-corrected chi connectivity index (χ0v) is 11.6. The van der Waals surface area contributed by atoms with Crippen molar-refractivity contribution in [2.75, 3.05) is 6.54 Å². The van der Waals surface area contributed by atoms with Crippen molar-refractivity contribution in [3.05, 3.63) is 41.3 Å². The SMILES string of the molecule is CCCCNC(=O)NS(=O)(=O)C=Cc1ccccc1. The Morgan fingerprint density at radius 3 is 2.58 bits per heavy atom. The Balaban J connectivity index is 2.52. The lowest BCUT2D eigenvalue weighted by Gasteiger charge is -2.05. The minimum atomic E-state index is -3.76. The summed E-state index contributed by atoms with van der Waals surface area (Å²) < 4.78 is 25.1. The standard InChI is InChI=1S/C13H18N2O3S/c1-2-3-10-14-13(16)15-19(17,18)11-9-12-7-5-4-6-8-12/h4-9,11H,2-3,10H2,1H3,(H2,14,15,16). The fourth-order valence-corrected chi connectivity index (χ4v) is 2.05. The number of benzene rings is 1. The third kappa shape index (κ3) is 6.61. The molecule has 5 nitrogen and oxygen atoms in total. The minimum Gasteiger partial charge on any atom is -0.337 e. The van der Waals surface area contributed by atoms with Crippen LogP contribution in [0.15, 0.2) is 35.7 Å². The lowest BCUT2D eigenvalue weighted by Crippen LogP contribution is -2.38. The number of hydrogen-bond donors (Lipinski definition) is 2. The second-order valence-corrected chi connectivity index (χ2v) is 5.54. The van der Waals surface area contributed by atoms with Crippen LogP contribution in [0.1, 0.15) is 25.3 Å². The zero-order valence-electron chi connectivity index (χ0n) is 10.8. The first-order valence-corrected chi connectivity index (χ1v) is 7.62. The maximum atomic E-state index is 11.6. The van der Waals surface area contributed by atoms with Crippen molar-refractivity contribution in [1.29, 1.82) is 0 Å². The molecule has 2 N–H and O–H groups in total. The van der Waals surface area contributed by atoms with Gasteiger partial charge in [-0.2, -0.15) is 0 Å². The third-order valence-electron chi connectivity index (χ3n) is 2.29. The van der Waals surface area contributed by atoms with E-state index in [-0.39, 0.29) is 0 Å².